The minimum Gasteiger partial charge on any atom is -0.325 e. The van der Waals surface area contributed by atoms with E-state index in [9.17, 15) is 4.79 Å². The van der Waals surface area contributed by atoms with Crippen molar-refractivity contribution in [3.8, 4) is 0 Å². The van der Waals surface area contributed by atoms with Crippen LogP contribution in [0.25, 0.3) is 0 Å². The molecule has 0 aliphatic heterocycles. The van der Waals surface area contributed by atoms with Gasteiger partial charge in [0.1, 0.15) is 0 Å². The van der Waals surface area contributed by atoms with Crippen LogP contribution in [0.15, 0.2) is 16.8 Å². The number of carbonyl (C=O) groups excluding carboxylic acids is 1. The third kappa shape index (κ3) is 4.39. The van der Waals surface area contributed by atoms with Gasteiger partial charge in [-0.3, -0.25) is 4.79 Å². The van der Waals surface area contributed by atoms with E-state index in [0.717, 1.165) is 12.2 Å². The van der Waals surface area contributed by atoms with Gasteiger partial charge in [-0.25, -0.2) is 0 Å². The Morgan fingerprint density at radius 3 is 2.93 bits per heavy atom. The number of amides is 1. The Bertz CT molecular complexity index is 270. The minimum atomic E-state index is 0.0663. The molecular weight excluding hydrogens is 196 g/mol. The zero-order valence-electron chi connectivity index (χ0n) is 8.54. The van der Waals surface area contributed by atoms with Crippen molar-refractivity contribution in [3.63, 3.8) is 0 Å². The highest BCUT2D eigenvalue weighted by molar-refractivity contribution is 7.08. The van der Waals surface area contributed by atoms with Gasteiger partial charge in [-0.15, -0.1) is 0 Å². The summed E-state index contributed by atoms with van der Waals surface area (Å²) in [6, 6.07) is 2.34. The molecule has 0 radical (unpaired) electrons. The molecule has 78 valence electrons. The van der Waals surface area contributed by atoms with Crippen molar-refractivity contribution in [1.82, 2.24) is 5.32 Å². The lowest BCUT2D eigenvalue weighted by molar-refractivity contribution is -0.116. The highest BCUT2D eigenvalue weighted by Crippen LogP contribution is 2.11. The van der Waals surface area contributed by atoms with Gasteiger partial charge in [0.2, 0.25) is 5.91 Å². The first kappa shape index (κ1) is 11.2. The van der Waals surface area contributed by atoms with Gasteiger partial charge in [-0.2, -0.15) is 11.3 Å². The van der Waals surface area contributed by atoms with Gasteiger partial charge in [-0.05, 0) is 11.4 Å². The summed E-state index contributed by atoms with van der Waals surface area (Å²) in [6.45, 7) is 4.86. The quantitative estimate of drug-likeness (QED) is 0.784. The average molecular weight is 212 g/mol. The molecule has 0 aromatic carbocycles. The Morgan fingerprint density at radius 2 is 2.36 bits per heavy atom. The lowest BCUT2D eigenvalue weighted by Crippen LogP contribution is -2.27. The smallest absolute Gasteiger partial charge is 0.225 e. The first-order chi connectivity index (χ1) is 6.68. The Morgan fingerprint density at radius 1 is 1.57 bits per heavy atom. The number of rotatable bonds is 5. The summed E-state index contributed by atoms with van der Waals surface area (Å²) in [5.41, 5.74) is 0.893. The predicted molar refractivity (Wildman–Crippen MR) is 60.7 cm³/mol. The van der Waals surface area contributed by atoms with E-state index in [-0.39, 0.29) is 5.91 Å². The molecule has 0 bridgehead atoms. The molecule has 2 N–H and O–H groups in total. The highest BCUT2D eigenvalue weighted by atomic mass is 32.1. The Labute approximate surface area is 88.5 Å². The maximum absolute atomic E-state index is 11.3. The molecular formula is C10H16N2OS. The molecule has 1 aromatic heterocycles. The van der Waals surface area contributed by atoms with Gasteiger partial charge in [0.15, 0.2) is 0 Å². The first-order valence-corrected chi connectivity index (χ1v) is 5.68. The zero-order valence-corrected chi connectivity index (χ0v) is 9.36. The topological polar surface area (TPSA) is 41.1 Å². The maximum Gasteiger partial charge on any atom is 0.225 e. The largest absolute Gasteiger partial charge is 0.325 e. The molecule has 14 heavy (non-hydrogen) atoms. The SMILES string of the molecule is CC(C)NCCC(=O)Nc1ccsc1. The summed E-state index contributed by atoms with van der Waals surface area (Å²) in [5.74, 6) is 0.0663. The summed E-state index contributed by atoms with van der Waals surface area (Å²) in [6.07, 6.45) is 0.522. The van der Waals surface area contributed by atoms with Crippen LogP contribution < -0.4 is 10.6 Å². The molecule has 0 unspecified atom stereocenters. The van der Waals surface area contributed by atoms with E-state index in [2.05, 4.69) is 24.5 Å². The minimum absolute atomic E-state index is 0.0663. The van der Waals surface area contributed by atoms with Gasteiger partial charge in [0.05, 0.1) is 5.69 Å². The van der Waals surface area contributed by atoms with E-state index < -0.39 is 0 Å². The number of anilines is 1. The predicted octanol–water partition coefficient (Wildman–Crippen LogP) is 2.07. The van der Waals surface area contributed by atoms with E-state index in [4.69, 9.17) is 0 Å². The second-order valence-corrected chi connectivity index (χ2v) is 4.20. The second kappa shape index (κ2) is 5.78. The van der Waals surface area contributed by atoms with Crippen LogP contribution in [0.4, 0.5) is 5.69 Å². The van der Waals surface area contributed by atoms with E-state index in [0.29, 0.717) is 12.5 Å². The van der Waals surface area contributed by atoms with Crippen molar-refractivity contribution in [1.29, 1.82) is 0 Å². The van der Waals surface area contributed by atoms with Crippen LogP contribution in [-0.2, 0) is 4.79 Å². The van der Waals surface area contributed by atoms with E-state index in [1.807, 2.05) is 16.8 Å². The number of thiophene rings is 1. The maximum atomic E-state index is 11.3. The van der Waals surface area contributed by atoms with Crippen LogP contribution in [0.5, 0.6) is 0 Å². The summed E-state index contributed by atoms with van der Waals surface area (Å²) < 4.78 is 0. The molecule has 1 rings (SSSR count). The lowest BCUT2D eigenvalue weighted by atomic mass is 10.3. The van der Waals surface area contributed by atoms with Crippen LogP contribution in [-0.4, -0.2) is 18.5 Å². The van der Waals surface area contributed by atoms with Gasteiger partial charge < -0.3 is 10.6 Å². The molecule has 0 aliphatic rings. The zero-order chi connectivity index (χ0) is 10.4. The fourth-order valence-electron chi connectivity index (χ4n) is 1.03. The van der Waals surface area contributed by atoms with E-state index in [1.54, 1.807) is 11.3 Å². The van der Waals surface area contributed by atoms with Gasteiger partial charge in [0, 0.05) is 24.4 Å². The summed E-state index contributed by atoms with van der Waals surface area (Å²) >= 11 is 1.58. The normalized spacial score (nSPS) is 10.5. The number of hydrogen-bond acceptors (Lipinski definition) is 3. The number of carbonyl (C=O) groups is 1. The monoisotopic (exact) mass is 212 g/mol. The summed E-state index contributed by atoms with van der Waals surface area (Å²) in [4.78, 5) is 11.3. The molecule has 1 amide bonds. The Balaban J connectivity index is 2.17. The molecule has 0 atom stereocenters. The molecule has 3 nitrogen and oxygen atoms in total. The summed E-state index contributed by atoms with van der Waals surface area (Å²) in [5, 5.41) is 9.90. The van der Waals surface area contributed by atoms with Crippen molar-refractivity contribution in [3.05, 3.63) is 16.8 Å². The third-order valence-electron chi connectivity index (χ3n) is 1.71. The fraction of sp³-hybridized carbons (Fsp3) is 0.500. The van der Waals surface area contributed by atoms with E-state index >= 15 is 0 Å². The van der Waals surface area contributed by atoms with Crippen molar-refractivity contribution < 1.29 is 4.79 Å². The van der Waals surface area contributed by atoms with Crippen LogP contribution in [0.3, 0.4) is 0 Å². The van der Waals surface area contributed by atoms with Gasteiger partial charge >= 0.3 is 0 Å². The molecule has 1 aromatic rings. The number of hydrogen-bond donors (Lipinski definition) is 2. The van der Waals surface area contributed by atoms with Crippen molar-refractivity contribution in [2.75, 3.05) is 11.9 Å². The van der Waals surface area contributed by atoms with Gasteiger partial charge in [0.25, 0.3) is 0 Å². The van der Waals surface area contributed by atoms with Crippen molar-refractivity contribution in [2.24, 2.45) is 0 Å². The van der Waals surface area contributed by atoms with Crippen LogP contribution in [0.1, 0.15) is 20.3 Å². The average Bonchev–Trinajstić information content (AvgIpc) is 2.56. The second-order valence-electron chi connectivity index (χ2n) is 3.42. The Kier molecular flexibility index (Phi) is 4.62. The lowest BCUT2D eigenvalue weighted by Gasteiger charge is -2.07. The summed E-state index contributed by atoms with van der Waals surface area (Å²) in [7, 11) is 0. The molecule has 0 saturated carbocycles. The van der Waals surface area contributed by atoms with Crippen LogP contribution in [0, 0.1) is 0 Å². The fourth-order valence-corrected chi connectivity index (χ4v) is 1.62. The van der Waals surface area contributed by atoms with Crippen LogP contribution >= 0.6 is 11.3 Å². The van der Waals surface area contributed by atoms with Crippen LogP contribution in [0.2, 0.25) is 0 Å². The third-order valence-corrected chi connectivity index (χ3v) is 2.39. The molecule has 0 spiro atoms. The van der Waals surface area contributed by atoms with Gasteiger partial charge in [-0.1, -0.05) is 13.8 Å². The van der Waals surface area contributed by atoms with Crippen molar-refractivity contribution >= 4 is 22.9 Å². The first-order valence-electron chi connectivity index (χ1n) is 4.74. The standard InChI is InChI=1S/C10H16N2OS/c1-8(2)11-5-3-10(13)12-9-4-6-14-7-9/h4,6-8,11H,3,5H2,1-2H3,(H,12,13). The Hall–Kier alpha value is -0.870. The molecule has 4 heteroatoms. The van der Waals surface area contributed by atoms with Crippen molar-refractivity contribution in [2.45, 2.75) is 26.3 Å². The molecule has 1 heterocycles. The molecule has 0 saturated heterocycles. The number of nitrogens with one attached hydrogen (secondary N) is 2. The van der Waals surface area contributed by atoms with E-state index in [1.165, 1.54) is 0 Å². The highest BCUT2D eigenvalue weighted by Gasteiger charge is 2.02. The molecule has 0 fully saturated rings. The molecule has 0 aliphatic carbocycles.